The van der Waals surface area contributed by atoms with Gasteiger partial charge >= 0.3 is 5.97 Å². The van der Waals surface area contributed by atoms with Gasteiger partial charge in [0, 0.05) is 6.08 Å². The maximum Gasteiger partial charge on any atom is 0.330 e. The lowest BCUT2D eigenvalue weighted by Crippen LogP contribution is -2.31. The summed E-state index contributed by atoms with van der Waals surface area (Å²) in [6, 6.07) is 0. The minimum Gasteiger partial charge on any atom is -0.463 e. The van der Waals surface area contributed by atoms with Gasteiger partial charge in [0.1, 0.15) is 0 Å². The zero-order valence-electron chi connectivity index (χ0n) is 11.5. The van der Waals surface area contributed by atoms with Gasteiger partial charge in [0.25, 0.3) is 0 Å². The number of carbonyl (C=O) groups is 1. The Morgan fingerprint density at radius 3 is 2.59 bits per heavy atom. The van der Waals surface area contributed by atoms with Crippen molar-refractivity contribution >= 4 is 5.97 Å². The summed E-state index contributed by atoms with van der Waals surface area (Å²) in [6.07, 6.45) is 7.62. The van der Waals surface area contributed by atoms with E-state index in [0.717, 1.165) is 5.92 Å². The number of hydrogen-bond donors (Lipinski definition) is 0. The van der Waals surface area contributed by atoms with Crippen LogP contribution in [0.2, 0.25) is 0 Å². The Balaban J connectivity index is 2.08. The molecule has 0 N–H and O–H groups in total. The standard InChI is InChI=1S/C15H24O2/c1-5-17-13(16)7-6-12-10-11-8-9-15(12,4)14(11,2)3/h6-7,11-12H,5,8-10H2,1-4H3/b7-6+. The first kappa shape index (κ1) is 12.7. The van der Waals surface area contributed by atoms with Crippen LogP contribution in [0.4, 0.5) is 0 Å². The highest BCUT2D eigenvalue weighted by molar-refractivity contribution is 5.81. The number of hydrogen-bond acceptors (Lipinski definition) is 2. The second-order valence-corrected chi connectivity index (χ2v) is 6.33. The third kappa shape index (κ3) is 1.82. The molecular formula is C15H24O2. The molecule has 2 aliphatic carbocycles. The van der Waals surface area contributed by atoms with Crippen LogP contribution in [-0.4, -0.2) is 12.6 Å². The van der Waals surface area contributed by atoms with Gasteiger partial charge in [-0.3, -0.25) is 0 Å². The highest BCUT2D eigenvalue weighted by Gasteiger charge is 2.60. The third-order valence-electron chi connectivity index (χ3n) is 5.61. The van der Waals surface area contributed by atoms with Crippen molar-refractivity contribution in [2.45, 2.75) is 47.0 Å². The van der Waals surface area contributed by atoms with Gasteiger partial charge < -0.3 is 4.74 Å². The summed E-state index contributed by atoms with van der Waals surface area (Å²) in [5.74, 6) is 1.17. The fourth-order valence-electron chi connectivity index (χ4n) is 3.94. The van der Waals surface area contributed by atoms with Crippen molar-refractivity contribution in [1.29, 1.82) is 0 Å². The highest BCUT2D eigenvalue weighted by atomic mass is 16.5. The van der Waals surface area contributed by atoms with E-state index < -0.39 is 0 Å². The average molecular weight is 236 g/mol. The van der Waals surface area contributed by atoms with E-state index in [0.29, 0.717) is 23.4 Å². The number of esters is 1. The fraction of sp³-hybridized carbons (Fsp3) is 0.800. The lowest BCUT2D eigenvalue weighted by Gasteiger charge is -2.38. The Bertz CT molecular complexity index is 343. The second-order valence-electron chi connectivity index (χ2n) is 6.33. The summed E-state index contributed by atoms with van der Waals surface area (Å²) < 4.78 is 4.94. The molecule has 2 bridgehead atoms. The molecule has 2 fully saturated rings. The molecule has 96 valence electrons. The zero-order chi connectivity index (χ0) is 12.7. The minimum atomic E-state index is -0.198. The average Bonchev–Trinajstić information content (AvgIpc) is 2.59. The molecule has 2 saturated carbocycles. The number of fused-ring (bicyclic) bond motifs is 2. The molecule has 0 aromatic carbocycles. The van der Waals surface area contributed by atoms with Crippen LogP contribution in [-0.2, 0) is 9.53 Å². The summed E-state index contributed by atoms with van der Waals surface area (Å²) in [6.45, 7) is 9.47. The Morgan fingerprint density at radius 1 is 1.41 bits per heavy atom. The van der Waals surface area contributed by atoms with Crippen LogP contribution in [0.15, 0.2) is 12.2 Å². The first-order chi connectivity index (χ1) is 7.91. The van der Waals surface area contributed by atoms with Crippen molar-refractivity contribution in [1.82, 2.24) is 0 Å². The number of ether oxygens (including phenoxy) is 1. The monoisotopic (exact) mass is 236 g/mol. The molecule has 2 rings (SSSR count). The topological polar surface area (TPSA) is 26.3 Å². The molecule has 0 heterocycles. The summed E-state index contributed by atoms with van der Waals surface area (Å²) in [5.41, 5.74) is 0.775. The van der Waals surface area contributed by atoms with E-state index in [1.165, 1.54) is 19.3 Å². The van der Waals surface area contributed by atoms with Crippen LogP contribution in [0.3, 0.4) is 0 Å². The quantitative estimate of drug-likeness (QED) is 0.553. The molecule has 2 heteroatoms. The minimum absolute atomic E-state index is 0.198. The van der Waals surface area contributed by atoms with E-state index in [1.807, 2.05) is 6.92 Å². The molecule has 3 unspecified atom stereocenters. The Labute approximate surface area is 104 Å². The van der Waals surface area contributed by atoms with Gasteiger partial charge in [-0.15, -0.1) is 0 Å². The largest absolute Gasteiger partial charge is 0.463 e. The van der Waals surface area contributed by atoms with E-state index in [-0.39, 0.29) is 5.97 Å². The zero-order valence-corrected chi connectivity index (χ0v) is 11.5. The van der Waals surface area contributed by atoms with Crippen LogP contribution in [0.1, 0.15) is 47.0 Å². The maximum atomic E-state index is 11.4. The van der Waals surface area contributed by atoms with Crippen molar-refractivity contribution in [3.05, 3.63) is 12.2 Å². The van der Waals surface area contributed by atoms with Gasteiger partial charge in [-0.1, -0.05) is 26.8 Å². The predicted octanol–water partition coefficient (Wildman–Crippen LogP) is 3.57. The molecule has 0 saturated heterocycles. The van der Waals surface area contributed by atoms with Crippen molar-refractivity contribution in [2.24, 2.45) is 22.7 Å². The molecule has 2 aliphatic rings. The van der Waals surface area contributed by atoms with Crippen LogP contribution in [0.5, 0.6) is 0 Å². The SMILES string of the molecule is CCOC(=O)/C=C/C1CC2CCC1(C)C2(C)C. The van der Waals surface area contributed by atoms with Gasteiger partial charge in [0.05, 0.1) is 6.61 Å². The molecule has 0 aromatic heterocycles. The molecule has 0 amide bonds. The second kappa shape index (κ2) is 4.15. The molecule has 0 radical (unpaired) electrons. The lowest BCUT2D eigenvalue weighted by molar-refractivity contribution is -0.137. The van der Waals surface area contributed by atoms with Crippen LogP contribution in [0, 0.1) is 22.7 Å². The third-order valence-corrected chi connectivity index (χ3v) is 5.61. The van der Waals surface area contributed by atoms with Gasteiger partial charge in [0.15, 0.2) is 0 Å². The fourth-order valence-corrected chi connectivity index (χ4v) is 3.94. The van der Waals surface area contributed by atoms with Crippen LogP contribution < -0.4 is 0 Å². The number of carbonyl (C=O) groups excluding carboxylic acids is 1. The lowest BCUT2D eigenvalue weighted by atomic mass is 9.67. The highest BCUT2D eigenvalue weighted by Crippen LogP contribution is 2.68. The molecule has 17 heavy (non-hydrogen) atoms. The van der Waals surface area contributed by atoms with Gasteiger partial charge in [-0.05, 0) is 48.9 Å². The molecule has 0 aliphatic heterocycles. The first-order valence-electron chi connectivity index (χ1n) is 6.77. The van der Waals surface area contributed by atoms with E-state index in [2.05, 4.69) is 26.8 Å². The smallest absolute Gasteiger partial charge is 0.330 e. The van der Waals surface area contributed by atoms with Gasteiger partial charge in [-0.25, -0.2) is 4.79 Å². The first-order valence-corrected chi connectivity index (χ1v) is 6.77. The number of rotatable bonds is 3. The molecule has 3 atom stereocenters. The maximum absolute atomic E-state index is 11.4. The molecule has 0 aromatic rings. The Hall–Kier alpha value is -0.790. The predicted molar refractivity (Wildman–Crippen MR) is 68.5 cm³/mol. The van der Waals surface area contributed by atoms with Crippen molar-refractivity contribution in [3.8, 4) is 0 Å². The van der Waals surface area contributed by atoms with Crippen molar-refractivity contribution in [3.63, 3.8) is 0 Å². The van der Waals surface area contributed by atoms with E-state index in [4.69, 9.17) is 4.74 Å². The van der Waals surface area contributed by atoms with Gasteiger partial charge in [0.2, 0.25) is 0 Å². The van der Waals surface area contributed by atoms with Crippen LogP contribution >= 0.6 is 0 Å². The molecule has 2 nitrogen and oxygen atoms in total. The summed E-state index contributed by atoms with van der Waals surface area (Å²) in [4.78, 5) is 11.4. The summed E-state index contributed by atoms with van der Waals surface area (Å²) in [7, 11) is 0. The van der Waals surface area contributed by atoms with Crippen molar-refractivity contribution in [2.75, 3.05) is 6.61 Å². The van der Waals surface area contributed by atoms with Crippen molar-refractivity contribution < 1.29 is 9.53 Å². The summed E-state index contributed by atoms with van der Waals surface area (Å²) in [5, 5.41) is 0. The van der Waals surface area contributed by atoms with Gasteiger partial charge in [-0.2, -0.15) is 0 Å². The Kier molecular flexibility index (Phi) is 3.09. The van der Waals surface area contributed by atoms with E-state index in [1.54, 1.807) is 6.08 Å². The number of allylic oxidation sites excluding steroid dienone is 1. The molecule has 0 spiro atoms. The van der Waals surface area contributed by atoms with E-state index >= 15 is 0 Å². The molecular weight excluding hydrogens is 212 g/mol. The van der Waals surface area contributed by atoms with E-state index in [9.17, 15) is 4.79 Å². The Morgan fingerprint density at radius 2 is 2.12 bits per heavy atom. The summed E-state index contributed by atoms with van der Waals surface area (Å²) >= 11 is 0. The van der Waals surface area contributed by atoms with Crippen LogP contribution in [0.25, 0.3) is 0 Å². The normalized spacial score (nSPS) is 38.8.